The zero-order valence-electron chi connectivity index (χ0n) is 9.55. The first-order valence-electron chi connectivity index (χ1n) is 5.62. The van der Waals surface area contributed by atoms with Gasteiger partial charge in [-0.15, -0.1) is 11.3 Å². The molecule has 0 aliphatic carbocycles. The maximum Gasteiger partial charge on any atom is 0.124 e. The zero-order chi connectivity index (χ0) is 11.7. The molecular formula is C15H12NS. The highest BCUT2D eigenvalue weighted by Crippen LogP contribution is 2.30. The summed E-state index contributed by atoms with van der Waals surface area (Å²) < 4.78 is 1.24. The van der Waals surface area contributed by atoms with E-state index >= 15 is 0 Å². The van der Waals surface area contributed by atoms with E-state index in [0.29, 0.717) is 0 Å². The topological polar surface area (TPSA) is 12.9 Å². The Bertz CT molecular complexity index is 640. The summed E-state index contributed by atoms with van der Waals surface area (Å²) in [6, 6.07) is 16.7. The second-order valence-electron chi connectivity index (χ2n) is 3.90. The molecule has 0 bridgehead atoms. The van der Waals surface area contributed by atoms with Crippen LogP contribution in [0.3, 0.4) is 0 Å². The van der Waals surface area contributed by atoms with Gasteiger partial charge in [0.15, 0.2) is 0 Å². The summed E-state index contributed by atoms with van der Waals surface area (Å²) in [5.74, 6) is 0. The van der Waals surface area contributed by atoms with Crippen molar-refractivity contribution in [2.45, 2.75) is 6.92 Å². The van der Waals surface area contributed by atoms with E-state index in [0.717, 1.165) is 10.5 Å². The first-order chi connectivity index (χ1) is 8.36. The predicted molar refractivity (Wildman–Crippen MR) is 74.1 cm³/mol. The number of thiazole rings is 1. The molecule has 1 radical (unpaired) electrons. The smallest absolute Gasteiger partial charge is 0.124 e. The molecule has 0 aliphatic rings. The number of hydrogen-bond donors (Lipinski definition) is 0. The largest absolute Gasteiger partial charge is 0.236 e. The van der Waals surface area contributed by atoms with Gasteiger partial charge in [-0.1, -0.05) is 43.3 Å². The monoisotopic (exact) mass is 238 g/mol. The van der Waals surface area contributed by atoms with Crippen LogP contribution in [-0.4, -0.2) is 4.98 Å². The molecule has 1 aromatic heterocycles. The molecule has 17 heavy (non-hydrogen) atoms. The highest BCUT2D eigenvalue weighted by Gasteiger charge is 2.05. The van der Waals surface area contributed by atoms with Crippen molar-refractivity contribution < 1.29 is 0 Å². The Balaban J connectivity index is 2.14. The van der Waals surface area contributed by atoms with Crippen LogP contribution in [0.15, 0.2) is 48.5 Å². The van der Waals surface area contributed by atoms with E-state index in [1.807, 2.05) is 25.1 Å². The molecule has 1 heterocycles. The normalized spacial score (nSPS) is 10.9. The van der Waals surface area contributed by atoms with Crippen molar-refractivity contribution in [3.63, 3.8) is 0 Å². The molecule has 0 spiro atoms. The summed E-state index contributed by atoms with van der Waals surface area (Å²) in [4.78, 5) is 4.69. The van der Waals surface area contributed by atoms with Crippen molar-refractivity contribution in [1.82, 2.24) is 4.98 Å². The Hall–Kier alpha value is -1.67. The quantitative estimate of drug-likeness (QED) is 0.639. The molecule has 0 unspecified atom stereocenters. The second kappa shape index (κ2) is 4.30. The highest BCUT2D eigenvalue weighted by molar-refractivity contribution is 7.21. The molecule has 2 aromatic carbocycles. The van der Waals surface area contributed by atoms with Crippen LogP contribution in [-0.2, 0) is 0 Å². The number of nitrogens with zero attached hydrogens (tertiary/aromatic N) is 1. The summed E-state index contributed by atoms with van der Waals surface area (Å²) in [5, 5.41) is 1.09. The molecule has 1 nitrogen and oxygen atoms in total. The van der Waals surface area contributed by atoms with E-state index < -0.39 is 0 Å². The lowest BCUT2D eigenvalue weighted by Gasteiger charge is -1.93. The number of benzene rings is 2. The fourth-order valence-electron chi connectivity index (χ4n) is 1.83. The SMILES string of the molecule is C[CH]c1ccc2sc(-c3ccccc3)nc2c1. The summed E-state index contributed by atoms with van der Waals surface area (Å²) in [7, 11) is 0. The van der Waals surface area contributed by atoms with Crippen LogP contribution in [0.4, 0.5) is 0 Å². The van der Waals surface area contributed by atoms with Gasteiger partial charge in [0.25, 0.3) is 0 Å². The maximum absolute atomic E-state index is 4.69. The first-order valence-corrected chi connectivity index (χ1v) is 6.44. The fourth-order valence-corrected chi connectivity index (χ4v) is 2.78. The Morgan fingerprint density at radius 2 is 1.88 bits per heavy atom. The van der Waals surface area contributed by atoms with Crippen LogP contribution >= 0.6 is 11.3 Å². The van der Waals surface area contributed by atoms with Gasteiger partial charge >= 0.3 is 0 Å². The van der Waals surface area contributed by atoms with Crippen molar-refractivity contribution in [2.24, 2.45) is 0 Å². The molecule has 0 amide bonds. The van der Waals surface area contributed by atoms with Crippen LogP contribution < -0.4 is 0 Å². The lowest BCUT2D eigenvalue weighted by molar-refractivity contribution is 1.42. The van der Waals surface area contributed by atoms with E-state index in [1.165, 1.54) is 15.8 Å². The number of fused-ring (bicyclic) bond motifs is 1. The average molecular weight is 238 g/mol. The van der Waals surface area contributed by atoms with Gasteiger partial charge in [-0.25, -0.2) is 4.98 Å². The van der Waals surface area contributed by atoms with Crippen molar-refractivity contribution in [1.29, 1.82) is 0 Å². The van der Waals surface area contributed by atoms with E-state index in [-0.39, 0.29) is 0 Å². The minimum absolute atomic E-state index is 1.09. The molecule has 0 saturated carbocycles. The van der Waals surface area contributed by atoms with Crippen LogP contribution in [0.2, 0.25) is 0 Å². The molecule has 0 fully saturated rings. The molecule has 83 valence electrons. The van der Waals surface area contributed by atoms with Gasteiger partial charge in [0.2, 0.25) is 0 Å². The third-order valence-electron chi connectivity index (χ3n) is 2.77. The molecule has 3 rings (SSSR count). The predicted octanol–water partition coefficient (Wildman–Crippen LogP) is 4.54. The number of aromatic nitrogens is 1. The minimum atomic E-state index is 1.09. The Kier molecular flexibility index (Phi) is 2.65. The highest BCUT2D eigenvalue weighted by atomic mass is 32.1. The van der Waals surface area contributed by atoms with Crippen LogP contribution in [0.1, 0.15) is 12.5 Å². The van der Waals surface area contributed by atoms with Gasteiger partial charge in [-0.05, 0) is 24.1 Å². The third-order valence-corrected chi connectivity index (χ3v) is 3.85. The molecular weight excluding hydrogens is 226 g/mol. The molecule has 0 saturated heterocycles. The maximum atomic E-state index is 4.69. The van der Waals surface area contributed by atoms with Gasteiger partial charge in [0, 0.05) is 5.56 Å². The van der Waals surface area contributed by atoms with Crippen molar-refractivity contribution in [3.8, 4) is 10.6 Å². The van der Waals surface area contributed by atoms with Crippen LogP contribution in [0, 0.1) is 6.42 Å². The first kappa shape index (κ1) is 10.5. The van der Waals surface area contributed by atoms with E-state index in [1.54, 1.807) is 11.3 Å². The standard InChI is InChI=1S/C15H12NS/c1-2-11-8-9-14-13(10-11)16-15(17-14)12-6-4-3-5-7-12/h2-10H,1H3. The van der Waals surface area contributed by atoms with Crippen molar-refractivity contribution in [3.05, 3.63) is 60.5 Å². The minimum Gasteiger partial charge on any atom is -0.236 e. The summed E-state index contributed by atoms with van der Waals surface area (Å²) >= 11 is 1.74. The Labute approximate surface area is 105 Å². The molecule has 3 aromatic rings. The Morgan fingerprint density at radius 1 is 1.06 bits per heavy atom. The van der Waals surface area contributed by atoms with Gasteiger partial charge in [-0.3, -0.25) is 0 Å². The Morgan fingerprint density at radius 3 is 2.65 bits per heavy atom. The number of hydrogen-bond acceptors (Lipinski definition) is 2. The fraction of sp³-hybridized carbons (Fsp3) is 0.0667. The van der Waals surface area contributed by atoms with Crippen LogP contribution in [0.25, 0.3) is 20.8 Å². The van der Waals surface area contributed by atoms with Gasteiger partial charge < -0.3 is 0 Å². The third kappa shape index (κ3) is 1.96. The van der Waals surface area contributed by atoms with E-state index in [9.17, 15) is 0 Å². The summed E-state index contributed by atoms with van der Waals surface area (Å²) in [5.41, 5.74) is 3.50. The number of rotatable bonds is 2. The lowest BCUT2D eigenvalue weighted by Crippen LogP contribution is -1.77. The lowest BCUT2D eigenvalue weighted by atomic mass is 10.2. The summed E-state index contributed by atoms with van der Waals surface area (Å²) in [6.45, 7) is 2.05. The van der Waals surface area contributed by atoms with Crippen molar-refractivity contribution in [2.75, 3.05) is 0 Å². The van der Waals surface area contributed by atoms with Crippen molar-refractivity contribution >= 4 is 21.6 Å². The van der Waals surface area contributed by atoms with Gasteiger partial charge in [0.1, 0.15) is 5.01 Å². The second-order valence-corrected chi connectivity index (χ2v) is 4.93. The van der Waals surface area contributed by atoms with E-state index in [4.69, 9.17) is 4.98 Å². The van der Waals surface area contributed by atoms with E-state index in [2.05, 4.69) is 36.8 Å². The molecule has 2 heteroatoms. The zero-order valence-corrected chi connectivity index (χ0v) is 10.4. The molecule has 0 atom stereocenters. The molecule has 0 aliphatic heterocycles. The van der Waals surface area contributed by atoms with Crippen LogP contribution in [0.5, 0.6) is 0 Å². The summed E-state index contributed by atoms with van der Waals surface area (Å²) in [6.07, 6.45) is 2.10. The average Bonchev–Trinajstić information content (AvgIpc) is 2.82. The molecule has 0 N–H and O–H groups in total. The van der Waals surface area contributed by atoms with Gasteiger partial charge in [-0.2, -0.15) is 0 Å². The van der Waals surface area contributed by atoms with Gasteiger partial charge in [0.05, 0.1) is 10.2 Å².